The first-order chi connectivity index (χ1) is 12.0. The molecule has 0 saturated heterocycles. The van der Waals surface area contributed by atoms with Crippen LogP contribution in [0.15, 0.2) is 36.4 Å². The summed E-state index contributed by atoms with van der Waals surface area (Å²) >= 11 is 0. The van der Waals surface area contributed by atoms with Crippen molar-refractivity contribution >= 4 is 17.6 Å². The number of esters is 1. The highest BCUT2D eigenvalue weighted by Gasteiger charge is 2.13. The lowest BCUT2D eigenvalue weighted by Crippen LogP contribution is -2.21. The molecule has 0 heterocycles. The van der Waals surface area contributed by atoms with Crippen molar-refractivity contribution < 1.29 is 23.8 Å². The van der Waals surface area contributed by atoms with E-state index in [1.807, 2.05) is 32.0 Å². The van der Waals surface area contributed by atoms with Crippen molar-refractivity contribution in [2.24, 2.45) is 0 Å². The molecule has 0 atom stereocenters. The van der Waals surface area contributed by atoms with Gasteiger partial charge in [0, 0.05) is 5.69 Å². The van der Waals surface area contributed by atoms with Gasteiger partial charge in [0.25, 0.3) is 5.91 Å². The molecule has 0 saturated carbocycles. The molecule has 1 N–H and O–H groups in total. The van der Waals surface area contributed by atoms with E-state index < -0.39 is 5.97 Å². The van der Waals surface area contributed by atoms with Crippen LogP contribution >= 0.6 is 0 Å². The molecule has 1 amide bonds. The molecule has 0 fully saturated rings. The van der Waals surface area contributed by atoms with Gasteiger partial charge < -0.3 is 19.5 Å². The van der Waals surface area contributed by atoms with Crippen LogP contribution in [0.1, 0.15) is 21.5 Å². The predicted molar refractivity (Wildman–Crippen MR) is 94.4 cm³/mol. The average Bonchev–Trinajstić information content (AvgIpc) is 2.62. The number of carbonyl (C=O) groups is 2. The topological polar surface area (TPSA) is 73.9 Å². The van der Waals surface area contributed by atoms with Gasteiger partial charge in [0.15, 0.2) is 18.1 Å². The number of anilines is 1. The highest BCUT2D eigenvalue weighted by atomic mass is 16.5. The Morgan fingerprint density at radius 3 is 2.28 bits per heavy atom. The number of hydrogen-bond acceptors (Lipinski definition) is 5. The van der Waals surface area contributed by atoms with Crippen LogP contribution in [-0.2, 0) is 9.53 Å². The number of amides is 1. The van der Waals surface area contributed by atoms with Gasteiger partial charge in [0.1, 0.15) is 0 Å². The lowest BCUT2D eigenvalue weighted by Gasteiger charge is -2.14. The molecule has 0 aliphatic heterocycles. The predicted octanol–water partition coefficient (Wildman–Crippen LogP) is 3.12. The van der Waals surface area contributed by atoms with Crippen LogP contribution in [0, 0.1) is 13.8 Å². The van der Waals surface area contributed by atoms with Gasteiger partial charge in [-0.25, -0.2) is 4.79 Å². The van der Waals surface area contributed by atoms with Gasteiger partial charge in [0.05, 0.1) is 19.8 Å². The second kappa shape index (κ2) is 8.19. The molecule has 0 unspecified atom stereocenters. The summed E-state index contributed by atoms with van der Waals surface area (Å²) in [6.45, 7) is 3.68. The van der Waals surface area contributed by atoms with E-state index in [0.717, 1.165) is 16.8 Å². The smallest absolute Gasteiger partial charge is 0.337 e. The minimum absolute atomic E-state index is 0.179. The molecule has 0 bridgehead atoms. The second-order valence-corrected chi connectivity index (χ2v) is 5.46. The number of methoxy groups -OCH3 is 2. The number of aryl methyl sites for hydroxylation is 2. The standard InChI is InChI=1S/C19H21NO5/c1-12-6-5-7-13(2)18(12)20-17(21)11-25-15-9-8-14(19(22)24-4)10-16(15)23-3/h5-10H,11H2,1-4H3,(H,20,21). The maximum Gasteiger partial charge on any atom is 0.337 e. The third-order valence-corrected chi connectivity index (χ3v) is 3.69. The lowest BCUT2D eigenvalue weighted by molar-refractivity contribution is -0.118. The highest BCUT2D eigenvalue weighted by molar-refractivity contribution is 5.93. The van der Waals surface area contributed by atoms with Crippen molar-refractivity contribution in [2.45, 2.75) is 13.8 Å². The van der Waals surface area contributed by atoms with Gasteiger partial charge in [-0.3, -0.25) is 4.79 Å². The Hall–Kier alpha value is -3.02. The summed E-state index contributed by atoms with van der Waals surface area (Å²) < 4.78 is 15.4. The first kappa shape index (κ1) is 18.3. The van der Waals surface area contributed by atoms with Crippen LogP contribution in [-0.4, -0.2) is 32.7 Å². The molecule has 0 aliphatic rings. The van der Waals surface area contributed by atoms with Crippen LogP contribution in [0.25, 0.3) is 0 Å². The maximum atomic E-state index is 12.2. The number of hydrogen-bond donors (Lipinski definition) is 1. The molecule has 6 nitrogen and oxygen atoms in total. The fourth-order valence-corrected chi connectivity index (χ4v) is 2.36. The Labute approximate surface area is 146 Å². The van der Waals surface area contributed by atoms with Gasteiger partial charge >= 0.3 is 5.97 Å². The van der Waals surface area contributed by atoms with Gasteiger partial charge in [-0.05, 0) is 43.2 Å². The van der Waals surface area contributed by atoms with Crippen molar-refractivity contribution in [3.05, 3.63) is 53.1 Å². The van der Waals surface area contributed by atoms with Crippen LogP contribution < -0.4 is 14.8 Å². The summed E-state index contributed by atoms with van der Waals surface area (Å²) in [7, 11) is 2.76. The Bertz CT molecular complexity index is 765. The normalized spacial score (nSPS) is 10.1. The van der Waals surface area contributed by atoms with E-state index >= 15 is 0 Å². The van der Waals surface area contributed by atoms with Gasteiger partial charge in [0.2, 0.25) is 0 Å². The highest BCUT2D eigenvalue weighted by Crippen LogP contribution is 2.28. The Morgan fingerprint density at radius 1 is 1.00 bits per heavy atom. The average molecular weight is 343 g/mol. The molecule has 2 aromatic carbocycles. The van der Waals surface area contributed by atoms with Crippen LogP contribution in [0.4, 0.5) is 5.69 Å². The van der Waals surface area contributed by atoms with E-state index in [-0.39, 0.29) is 12.5 Å². The number of nitrogens with one attached hydrogen (secondary N) is 1. The molecular formula is C19H21NO5. The molecule has 132 valence electrons. The fraction of sp³-hybridized carbons (Fsp3) is 0.263. The first-order valence-electron chi connectivity index (χ1n) is 7.71. The molecule has 0 spiro atoms. The maximum absolute atomic E-state index is 12.2. The van der Waals surface area contributed by atoms with Crippen molar-refractivity contribution in [1.82, 2.24) is 0 Å². The SMILES string of the molecule is COC(=O)c1ccc(OCC(=O)Nc2c(C)cccc2C)c(OC)c1. The second-order valence-electron chi connectivity index (χ2n) is 5.46. The van der Waals surface area contributed by atoms with Gasteiger partial charge in [-0.1, -0.05) is 18.2 Å². The Kier molecular flexibility index (Phi) is 6.00. The molecule has 25 heavy (non-hydrogen) atoms. The van der Waals surface area contributed by atoms with Crippen molar-refractivity contribution in [3.8, 4) is 11.5 Å². The minimum atomic E-state index is -0.474. The van der Waals surface area contributed by atoms with Crippen LogP contribution in [0.3, 0.4) is 0 Å². The lowest BCUT2D eigenvalue weighted by atomic mass is 10.1. The molecule has 0 aromatic heterocycles. The number of ether oxygens (including phenoxy) is 3. The monoisotopic (exact) mass is 343 g/mol. The van der Waals surface area contributed by atoms with Crippen LogP contribution in [0.2, 0.25) is 0 Å². The van der Waals surface area contributed by atoms with Crippen molar-refractivity contribution in [1.29, 1.82) is 0 Å². The third kappa shape index (κ3) is 4.50. The summed E-state index contributed by atoms with van der Waals surface area (Å²) in [4.78, 5) is 23.7. The van der Waals surface area contributed by atoms with Gasteiger partial charge in [-0.2, -0.15) is 0 Å². The number of rotatable bonds is 6. The largest absolute Gasteiger partial charge is 0.493 e. The fourth-order valence-electron chi connectivity index (χ4n) is 2.36. The molecule has 0 radical (unpaired) electrons. The first-order valence-corrected chi connectivity index (χ1v) is 7.71. The van der Waals surface area contributed by atoms with E-state index in [2.05, 4.69) is 10.1 Å². The molecule has 2 rings (SSSR count). The van der Waals surface area contributed by atoms with E-state index in [1.54, 1.807) is 12.1 Å². The van der Waals surface area contributed by atoms with E-state index in [4.69, 9.17) is 9.47 Å². The van der Waals surface area contributed by atoms with Gasteiger partial charge in [-0.15, -0.1) is 0 Å². The van der Waals surface area contributed by atoms with E-state index in [9.17, 15) is 9.59 Å². The number of benzene rings is 2. The zero-order chi connectivity index (χ0) is 18.4. The summed E-state index contributed by atoms with van der Waals surface area (Å²) in [6, 6.07) is 10.4. The third-order valence-electron chi connectivity index (χ3n) is 3.69. The minimum Gasteiger partial charge on any atom is -0.493 e. The molecule has 0 aliphatic carbocycles. The Morgan fingerprint density at radius 2 is 1.68 bits per heavy atom. The number of para-hydroxylation sites is 1. The van der Waals surface area contributed by atoms with Crippen molar-refractivity contribution in [3.63, 3.8) is 0 Å². The Balaban J connectivity index is 2.05. The summed E-state index contributed by atoms with van der Waals surface area (Å²) in [5, 5.41) is 2.85. The van der Waals surface area contributed by atoms with E-state index in [1.165, 1.54) is 20.3 Å². The summed E-state index contributed by atoms with van der Waals surface area (Å²) in [6.07, 6.45) is 0. The zero-order valence-electron chi connectivity index (χ0n) is 14.7. The summed E-state index contributed by atoms with van der Waals surface area (Å²) in [5.74, 6) is -0.0382. The quantitative estimate of drug-likeness (QED) is 0.816. The number of carbonyl (C=O) groups excluding carboxylic acids is 2. The van der Waals surface area contributed by atoms with Crippen molar-refractivity contribution in [2.75, 3.05) is 26.1 Å². The zero-order valence-corrected chi connectivity index (χ0v) is 14.7. The molecule has 6 heteroatoms. The van der Waals surface area contributed by atoms with E-state index in [0.29, 0.717) is 17.1 Å². The molecule has 2 aromatic rings. The summed E-state index contributed by atoms with van der Waals surface area (Å²) in [5.41, 5.74) is 3.08. The van der Waals surface area contributed by atoms with Crippen LogP contribution in [0.5, 0.6) is 11.5 Å². The molecular weight excluding hydrogens is 322 g/mol.